The molecule has 19 heavy (non-hydrogen) atoms. The second-order valence-electron chi connectivity index (χ2n) is 6.29. The lowest BCUT2D eigenvalue weighted by Crippen LogP contribution is -2.54. The topological polar surface area (TPSA) is 46.5 Å². The number of hydrogen-bond acceptors (Lipinski definition) is 3. The summed E-state index contributed by atoms with van der Waals surface area (Å²) in [4.78, 5) is 11.3. The Morgan fingerprint density at radius 1 is 1.37 bits per heavy atom. The molecular weight excluding hydrogens is 242 g/mol. The van der Waals surface area contributed by atoms with E-state index < -0.39 is 12.1 Å². The van der Waals surface area contributed by atoms with Crippen molar-refractivity contribution in [2.24, 2.45) is 0 Å². The predicted octanol–water partition coefficient (Wildman–Crippen LogP) is 1.88. The number of esters is 1. The van der Waals surface area contributed by atoms with Crippen LogP contribution in [0.25, 0.3) is 0 Å². The third-order valence-electron chi connectivity index (χ3n) is 4.00. The number of rotatable bonds is 6. The van der Waals surface area contributed by atoms with Crippen LogP contribution in [0.1, 0.15) is 39.0 Å². The summed E-state index contributed by atoms with van der Waals surface area (Å²) >= 11 is 0. The molecule has 0 aromatic carbocycles. The summed E-state index contributed by atoms with van der Waals surface area (Å²) < 4.78 is 5.80. The van der Waals surface area contributed by atoms with E-state index >= 15 is 0 Å². The molecular formula is C15H28NO3+. The van der Waals surface area contributed by atoms with Crippen molar-refractivity contribution < 1.29 is 19.1 Å². The highest BCUT2D eigenvalue weighted by molar-refractivity contribution is 5.86. The van der Waals surface area contributed by atoms with Gasteiger partial charge in [-0.3, -0.25) is 0 Å². The quantitative estimate of drug-likeness (QED) is 0.455. The second kappa shape index (κ2) is 7.06. The molecule has 4 nitrogen and oxygen atoms in total. The fourth-order valence-electron chi connectivity index (χ4n) is 2.82. The van der Waals surface area contributed by atoms with Crippen molar-refractivity contribution in [3.63, 3.8) is 0 Å². The Kier molecular flexibility index (Phi) is 6.01. The summed E-state index contributed by atoms with van der Waals surface area (Å²) in [7, 11) is 4.31. The lowest BCUT2D eigenvalue weighted by Gasteiger charge is -2.41. The van der Waals surface area contributed by atoms with Crippen LogP contribution in [0.4, 0.5) is 0 Å². The zero-order valence-corrected chi connectivity index (χ0v) is 12.5. The van der Waals surface area contributed by atoms with Gasteiger partial charge in [0.15, 0.2) is 0 Å². The third kappa shape index (κ3) is 5.33. The Balaban J connectivity index is 2.39. The van der Waals surface area contributed by atoms with Gasteiger partial charge in [0.05, 0.1) is 20.1 Å². The molecule has 1 aliphatic carbocycles. The zero-order valence-electron chi connectivity index (χ0n) is 12.5. The number of aliphatic hydroxyl groups is 1. The van der Waals surface area contributed by atoms with E-state index in [1.807, 2.05) is 0 Å². The second-order valence-corrected chi connectivity index (χ2v) is 6.29. The van der Waals surface area contributed by atoms with E-state index in [1.165, 1.54) is 32.1 Å². The molecule has 110 valence electrons. The maximum atomic E-state index is 11.3. The van der Waals surface area contributed by atoms with Crippen LogP contribution >= 0.6 is 0 Å². The highest BCUT2D eigenvalue weighted by Crippen LogP contribution is 2.25. The van der Waals surface area contributed by atoms with E-state index in [0.717, 1.165) is 4.48 Å². The smallest absolute Gasteiger partial charge is 0.333 e. The molecule has 0 aromatic rings. The van der Waals surface area contributed by atoms with Gasteiger partial charge >= 0.3 is 5.97 Å². The molecule has 0 aromatic heterocycles. The Hall–Kier alpha value is -0.870. The normalized spacial score (nSPS) is 18.9. The molecule has 1 rings (SSSR count). The number of likely N-dealkylation sites (N-methyl/N-ethyl adjacent to an activating group) is 1. The predicted molar refractivity (Wildman–Crippen MR) is 75.6 cm³/mol. The van der Waals surface area contributed by atoms with Crippen LogP contribution in [-0.4, -0.2) is 55.0 Å². The van der Waals surface area contributed by atoms with Crippen LogP contribution in [0.15, 0.2) is 12.2 Å². The summed E-state index contributed by atoms with van der Waals surface area (Å²) in [6.07, 6.45) is 5.74. The van der Waals surface area contributed by atoms with E-state index in [0.29, 0.717) is 18.2 Å². The van der Waals surface area contributed by atoms with Gasteiger partial charge < -0.3 is 14.3 Å². The van der Waals surface area contributed by atoms with Crippen LogP contribution in [0.5, 0.6) is 0 Å². The van der Waals surface area contributed by atoms with Crippen molar-refractivity contribution in [2.75, 3.05) is 27.2 Å². The number of aliphatic hydroxyl groups excluding tert-OH is 1. The third-order valence-corrected chi connectivity index (χ3v) is 4.00. The van der Waals surface area contributed by atoms with Crippen molar-refractivity contribution in [3.05, 3.63) is 12.2 Å². The standard InChI is InChI=1S/C15H28NO3/c1-12(2)15(18)19-11-14(17)10-16(3,4)13-8-6-5-7-9-13/h13-14,17H,1,5-11H2,2-4H3/q+1. The molecule has 1 aliphatic rings. The van der Waals surface area contributed by atoms with E-state index in [2.05, 4.69) is 20.7 Å². The monoisotopic (exact) mass is 270 g/mol. The maximum absolute atomic E-state index is 11.3. The largest absolute Gasteiger partial charge is 0.459 e. The van der Waals surface area contributed by atoms with Crippen molar-refractivity contribution in [3.8, 4) is 0 Å². The van der Waals surface area contributed by atoms with Crippen molar-refractivity contribution in [2.45, 2.75) is 51.2 Å². The molecule has 1 N–H and O–H groups in total. The van der Waals surface area contributed by atoms with E-state index in [9.17, 15) is 9.90 Å². The Labute approximate surface area is 116 Å². The summed E-state index contributed by atoms with van der Waals surface area (Å²) in [6.45, 7) is 5.80. The first-order valence-electron chi connectivity index (χ1n) is 7.16. The van der Waals surface area contributed by atoms with Gasteiger partial charge in [-0.1, -0.05) is 13.0 Å². The first-order valence-corrected chi connectivity index (χ1v) is 7.16. The molecule has 0 amide bonds. The maximum Gasteiger partial charge on any atom is 0.333 e. The van der Waals surface area contributed by atoms with Crippen LogP contribution in [0.2, 0.25) is 0 Å². The number of hydrogen-bond donors (Lipinski definition) is 1. The summed E-state index contributed by atoms with van der Waals surface area (Å²) in [5.74, 6) is -0.429. The van der Waals surface area contributed by atoms with Gasteiger partial charge in [-0.15, -0.1) is 0 Å². The molecule has 0 aliphatic heterocycles. The van der Waals surface area contributed by atoms with Crippen LogP contribution < -0.4 is 0 Å². The van der Waals surface area contributed by atoms with Gasteiger partial charge in [0.2, 0.25) is 0 Å². The summed E-state index contributed by atoms with van der Waals surface area (Å²) in [5.41, 5.74) is 0.369. The molecule has 0 radical (unpaired) electrons. The van der Waals surface area contributed by atoms with Gasteiger partial charge in [0.1, 0.15) is 19.3 Å². The average Bonchev–Trinajstić information content (AvgIpc) is 2.36. The lowest BCUT2D eigenvalue weighted by molar-refractivity contribution is -0.919. The van der Waals surface area contributed by atoms with E-state index in [1.54, 1.807) is 6.92 Å². The summed E-state index contributed by atoms with van der Waals surface area (Å²) in [6, 6.07) is 0.611. The molecule has 0 saturated heterocycles. The molecule has 4 heteroatoms. The zero-order chi connectivity index (χ0) is 14.5. The molecule has 1 fully saturated rings. The van der Waals surface area contributed by atoms with Gasteiger partial charge in [-0.05, 0) is 32.6 Å². The van der Waals surface area contributed by atoms with Gasteiger partial charge in [0, 0.05) is 5.57 Å². The minimum Gasteiger partial charge on any atom is -0.459 e. The number of carbonyl (C=O) groups excluding carboxylic acids is 1. The van der Waals surface area contributed by atoms with Gasteiger partial charge in [-0.25, -0.2) is 4.79 Å². The van der Waals surface area contributed by atoms with Crippen molar-refractivity contribution in [1.82, 2.24) is 0 Å². The minimum atomic E-state index is -0.611. The fourth-order valence-corrected chi connectivity index (χ4v) is 2.82. The first-order chi connectivity index (χ1) is 8.83. The van der Waals surface area contributed by atoms with Crippen LogP contribution in [-0.2, 0) is 9.53 Å². The Morgan fingerprint density at radius 2 is 1.95 bits per heavy atom. The van der Waals surface area contributed by atoms with Crippen LogP contribution in [0, 0.1) is 0 Å². The molecule has 0 heterocycles. The number of carbonyl (C=O) groups is 1. The average molecular weight is 270 g/mol. The van der Waals surface area contributed by atoms with Crippen molar-refractivity contribution in [1.29, 1.82) is 0 Å². The highest BCUT2D eigenvalue weighted by Gasteiger charge is 2.32. The Bertz CT molecular complexity index is 319. The number of quaternary nitrogens is 1. The molecule has 1 saturated carbocycles. The highest BCUT2D eigenvalue weighted by atomic mass is 16.5. The number of ether oxygens (including phenoxy) is 1. The number of nitrogens with zero attached hydrogens (tertiary/aromatic N) is 1. The lowest BCUT2D eigenvalue weighted by atomic mass is 9.93. The van der Waals surface area contributed by atoms with Crippen LogP contribution in [0.3, 0.4) is 0 Å². The summed E-state index contributed by atoms with van der Waals surface area (Å²) in [5, 5.41) is 10.0. The molecule has 1 atom stereocenters. The molecule has 0 spiro atoms. The Morgan fingerprint density at radius 3 is 2.47 bits per heavy atom. The molecule has 1 unspecified atom stereocenters. The molecule has 0 bridgehead atoms. The van der Waals surface area contributed by atoms with E-state index in [4.69, 9.17) is 4.74 Å². The first kappa shape index (κ1) is 16.2. The minimum absolute atomic E-state index is 0.0556. The van der Waals surface area contributed by atoms with Gasteiger partial charge in [0.25, 0.3) is 0 Å². The van der Waals surface area contributed by atoms with Gasteiger partial charge in [-0.2, -0.15) is 0 Å². The SMILES string of the molecule is C=C(C)C(=O)OCC(O)C[N+](C)(C)C1CCCCC1. The van der Waals surface area contributed by atoms with Crippen molar-refractivity contribution >= 4 is 5.97 Å². The van der Waals surface area contributed by atoms with E-state index in [-0.39, 0.29) is 6.61 Å². The fraction of sp³-hybridized carbons (Fsp3) is 0.800.